The van der Waals surface area contributed by atoms with Gasteiger partial charge in [0.25, 0.3) is 5.91 Å². The fourth-order valence-electron chi connectivity index (χ4n) is 3.23. The highest BCUT2D eigenvalue weighted by molar-refractivity contribution is 5.88. The number of nitrogens with one attached hydrogen (secondary N) is 1. The molecule has 0 aliphatic heterocycles. The van der Waals surface area contributed by atoms with Crippen molar-refractivity contribution in [1.82, 2.24) is 10.2 Å². The minimum atomic E-state index is -0.548. The lowest BCUT2D eigenvalue weighted by molar-refractivity contribution is -0.143. The van der Waals surface area contributed by atoms with Crippen LogP contribution in [0.4, 0.5) is 0 Å². The summed E-state index contributed by atoms with van der Waals surface area (Å²) in [5, 5.41) is 3.02. The monoisotopic (exact) mass is 410 g/mol. The van der Waals surface area contributed by atoms with E-state index < -0.39 is 6.04 Å². The van der Waals surface area contributed by atoms with Crippen molar-refractivity contribution >= 4 is 11.8 Å². The second-order valence-electron chi connectivity index (χ2n) is 7.85. The van der Waals surface area contributed by atoms with Crippen molar-refractivity contribution in [3.05, 3.63) is 65.2 Å². The molecule has 2 atom stereocenters. The first kappa shape index (κ1) is 23.5. The molecule has 30 heavy (non-hydrogen) atoms. The van der Waals surface area contributed by atoms with E-state index in [9.17, 15) is 9.59 Å². The van der Waals surface area contributed by atoms with Crippen LogP contribution in [0.15, 0.2) is 48.5 Å². The highest BCUT2D eigenvalue weighted by atomic mass is 16.5. The SMILES string of the molecule is CC[C@H](C(=O)N[C@@H](C)CC)N(Cc1cccc(C)c1)C(=O)COc1ccc(C)cc1. The van der Waals surface area contributed by atoms with E-state index in [4.69, 9.17) is 4.74 Å². The number of rotatable bonds is 10. The number of carbonyl (C=O) groups is 2. The van der Waals surface area contributed by atoms with Crippen LogP contribution >= 0.6 is 0 Å². The molecule has 5 heteroatoms. The maximum Gasteiger partial charge on any atom is 0.261 e. The molecule has 2 amide bonds. The maximum atomic E-state index is 13.2. The summed E-state index contributed by atoms with van der Waals surface area (Å²) in [4.78, 5) is 27.7. The zero-order chi connectivity index (χ0) is 22.1. The molecule has 2 aromatic carbocycles. The summed E-state index contributed by atoms with van der Waals surface area (Å²) in [6, 6.07) is 15.1. The fraction of sp³-hybridized carbons (Fsp3) is 0.440. The number of carbonyl (C=O) groups excluding carboxylic acids is 2. The van der Waals surface area contributed by atoms with Gasteiger partial charge in [-0.25, -0.2) is 0 Å². The number of hydrogen-bond acceptors (Lipinski definition) is 3. The van der Waals surface area contributed by atoms with Crippen LogP contribution in [0.3, 0.4) is 0 Å². The molecule has 0 saturated carbocycles. The minimum absolute atomic E-state index is 0.0614. The van der Waals surface area contributed by atoms with Crippen LogP contribution in [-0.4, -0.2) is 35.4 Å². The number of nitrogens with zero attached hydrogens (tertiary/aromatic N) is 1. The summed E-state index contributed by atoms with van der Waals surface area (Å²) in [6.07, 6.45) is 1.37. The summed E-state index contributed by atoms with van der Waals surface area (Å²) in [5.41, 5.74) is 3.24. The van der Waals surface area contributed by atoms with E-state index in [2.05, 4.69) is 5.32 Å². The average Bonchev–Trinajstić information content (AvgIpc) is 2.72. The van der Waals surface area contributed by atoms with Gasteiger partial charge in [-0.3, -0.25) is 9.59 Å². The molecule has 0 spiro atoms. The molecule has 2 rings (SSSR count). The van der Waals surface area contributed by atoms with Crippen LogP contribution in [0.5, 0.6) is 5.75 Å². The van der Waals surface area contributed by atoms with Crippen LogP contribution in [0.2, 0.25) is 0 Å². The zero-order valence-electron chi connectivity index (χ0n) is 18.8. The predicted octanol–water partition coefficient (Wildman–Crippen LogP) is 4.40. The summed E-state index contributed by atoms with van der Waals surface area (Å²) < 4.78 is 5.72. The number of aryl methyl sites for hydroxylation is 2. The van der Waals surface area contributed by atoms with Crippen molar-refractivity contribution in [2.45, 2.75) is 66.1 Å². The van der Waals surface area contributed by atoms with Gasteiger partial charge in [0.05, 0.1) is 0 Å². The first-order chi connectivity index (χ1) is 14.3. The van der Waals surface area contributed by atoms with Crippen molar-refractivity contribution in [3.8, 4) is 5.75 Å². The van der Waals surface area contributed by atoms with Gasteiger partial charge in [0.1, 0.15) is 11.8 Å². The maximum absolute atomic E-state index is 13.2. The number of hydrogen-bond donors (Lipinski definition) is 1. The third kappa shape index (κ3) is 6.90. The lowest BCUT2D eigenvalue weighted by Gasteiger charge is -2.31. The molecule has 0 unspecified atom stereocenters. The van der Waals surface area contributed by atoms with Crippen LogP contribution in [0, 0.1) is 13.8 Å². The van der Waals surface area contributed by atoms with Crippen molar-refractivity contribution in [1.29, 1.82) is 0 Å². The molecule has 0 aliphatic carbocycles. The molecule has 0 fully saturated rings. The van der Waals surface area contributed by atoms with Gasteiger partial charge in [0.2, 0.25) is 5.91 Å². The van der Waals surface area contributed by atoms with E-state index in [1.165, 1.54) is 0 Å². The van der Waals surface area contributed by atoms with Crippen LogP contribution in [-0.2, 0) is 16.1 Å². The molecule has 0 bridgehead atoms. The molecule has 0 aliphatic rings. The molecular weight excluding hydrogens is 376 g/mol. The van der Waals surface area contributed by atoms with Crippen LogP contribution < -0.4 is 10.1 Å². The van der Waals surface area contributed by atoms with Crippen LogP contribution in [0.1, 0.15) is 50.3 Å². The van der Waals surface area contributed by atoms with Gasteiger partial charge >= 0.3 is 0 Å². The smallest absolute Gasteiger partial charge is 0.261 e. The van der Waals surface area contributed by atoms with E-state index in [1.807, 2.05) is 83.1 Å². The van der Waals surface area contributed by atoms with Gasteiger partial charge in [-0.1, -0.05) is 61.4 Å². The van der Waals surface area contributed by atoms with Crippen LogP contribution in [0.25, 0.3) is 0 Å². The first-order valence-corrected chi connectivity index (χ1v) is 10.7. The fourth-order valence-corrected chi connectivity index (χ4v) is 3.23. The molecule has 5 nitrogen and oxygen atoms in total. The van der Waals surface area contributed by atoms with Gasteiger partial charge in [-0.2, -0.15) is 0 Å². The second kappa shape index (κ2) is 11.4. The van der Waals surface area contributed by atoms with E-state index in [1.54, 1.807) is 4.90 Å². The molecule has 1 N–H and O–H groups in total. The van der Waals surface area contributed by atoms with E-state index in [-0.39, 0.29) is 24.5 Å². The highest BCUT2D eigenvalue weighted by Gasteiger charge is 2.29. The lowest BCUT2D eigenvalue weighted by atomic mass is 10.1. The Morgan fingerprint density at radius 1 is 1.00 bits per heavy atom. The minimum Gasteiger partial charge on any atom is -0.484 e. The predicted molar refractivity (Wildman–Crippen MR) is 120 cm³/mol. The van der Waals surface area contributed by atoms with Gasteiger partial charge in [-0.05, 0) is 51.3 Å². The van der Waals surface area contributed by atoms with E-state index in [0.717, 1.165) is 23.1 Å². The quantitative estimate of drug-likeness (QED) is 0.631. The highest BCUT2D eigenvalue weighted by Crippen LogP contribution is 2.16. The molecular formula is C25H34N2O3. The van der Waals surface area contributed by atoms with Gasteiger partial charge in [0.15, 0.2) is 6.61 Å². The Kier molecular flexibility index (Phi) is 8.90. The topological polar surface area (TPSA) is 58.6 Å². The normalized spacial score (nSPS) is 12.7. The van der Waals surface area contributed by atoms with Gasteiger partial charge in [-0.15, -0.1) is 0 Å². The van der Waals surface area contributed by atoms with Crippen molar-refractivity contribution < 1.29 is 14.3 Å². The molecule has 162 valence electrons. The molecule has 0 saturated heterocycles. The first-order valence-electron chi connectivity index (χ1n) is 10.7. The molecule has 0 heterocycles. The Morgan fingerprint density at radius 2 is 1.70 bits per heavy atom. The van der Waals surface area contributed by atoms with Crippen molar-refractivity contribution in [2.24, 2.45) is 0 Å². The summed E-state index contributed by atoms with van der Waals surface area (Å²) >= 11 is 0. The molecule has 2 aromatic rings. The van der Waals surface area contributed by atoms with E-state index >= 15 is 0 Å². The third-order valence-corrected chi connectivity index (χ3v) is 5.21. The summed E-state index contributed by atoms with van der Waals surface area (Å²) in [5.74, 6) is 0.313. The van der Waals surface area contributed by atoms with Crippen molar-refractivity contribution in [3.63, 3.8) is 0 Å². The number of ether oxygens (including phenoxy) is 1. The molecule has 0 aromatic heterocycles. The number of benzene rings is 2. The largest absolute Gasteiger partial charge is 0.484 e. The Hall–Kier alpha value is -2.82. The van der Waals surface area contributed by atoms with E-state index in [0.29, 0.717) is 18.7 Å². The Labute approximate surface area is 180 Å². The summed E-state index contributed by atoms with van der Waals surface area (Å²) in [6.45, 7) is 10.2. The van der Waals surface area contributed by atoms with Gasteiger partial charge in [0, 0.05) is 12.6 Å². The second-order valence-corrected chi connectivity index (χ2v) is 7.85. The Morgan fingerprint density at radius 3 is 2.30 bits per heavy atom. The van der Waals surface area contributed by atoms with Crippen molar-refractivity contribution in [2.75, 3.05) is 6.61 Å². The Balaban J connectivity index is 2.20. The lowest BCUT2D eigenvalue weighted by Crippen LogP contribution is -2.51. The standard InChI is InChI=1S/C25H34N2O3/c1-6-20(5)26-25(29)23(7-2)27(16-21-10-8-9-19(4)15-21)24(28)17-30-22-13-11-18(3)12-14-22/h8-15,20,23H,6-7,16-17H2,1-5H3,(H,26,29)/t20-,23+/m0/s1. The van der Waals surface area contributed by atoms with Gasteiger partial charge < -0.3 is 15.0 Å². The zero-order valence-corrected chi connectivity index (χ0v) is 18.8. The average molecular weight is 411 g/mol. The third-order valence-electron chi connectivity index (χ3n) is 5.21. The Bertz CT molecular complexity index is 833. The summed E-state index contributed by atoms with van der Waals surface area (Å²) in [7, 11) is 0. The molecule has 0 radical (unpaired) electrons. The number of amides is 2.